The summed E-state index contributed by atoms with van der Waals surface area (Å²) >= 11 is 13.3. The molecule has 2 aromatic rings. The molecule has 1 saturated heterocycles. The summed E-state index contributed by atoms with van der Waals surface area (Å²) < 4.78 is 9.64. The third kappa shape index (κ3) is 4.40. The Morgan fingerprint density at radius 2 is 2.00 bits per heavy atom. The zero-order valence-corrected chi connectivity index (χ0v) is 18.8. The van der Waals surface area contributed by atoms with Gasteiger partial charge < -0.3 is 24.7 Å². The van der Waals surface area contributed by atoms with E-state index in [1.165, 1.54) is 31.8 Å². The highest BCUT2D eigenvalue weighted by Gasteiger charge is 2.37. The molecule has 12 heteroatoms. The van der Waals surface area contributed by atoms with Gasteiger partial charge in [0.05, 0.1) is 36.4 Å². The van der Waals surface area contributed by atoms with Gasteiger partial charge in [0, 0.05) is 24.8 Å². The van der Waals surface area contributed by atoms with Crippen molar-refractivity contribution in [3.05, 3.63) is 32.5 Å². The van der Waals surface area contributed by atoms with Crippen LogP contribution in [0.5, 0.6) is 0 Å². The summed E-state index contributed by atoms with van der Waals surface area (Å²) in [5, 5.41) is 3.86. The van der Waals surface area contributed by atoms with E-state index in [2.05, 4.69) is 15.3 Å². The Labute approximate surface area is 186 Å². The molecule has 30 heavy (non-hydrogen) atoms. The number of nitrogens with zero attached hydrogens (tertiary/aromatic N) is 2. The zero-order chi connectivity index (χ0) is 22.0. The van der Waals surface area contributed by atoms with Crippen LogP contribution in [0, 0.1) is 12.8 Å². The maximum absolute atomic E-state index is 12.7. The second-order valence-electron chi connectivity index (χ2n) is 6.70. The maximum Gasteiger partial charge on any atom is 0.349 e. The number of methoxy groups -OCH3 is 2. The van der Waals surface area contributed by atoms with E-state index < -0.39 is 29.8 Å². The van der Waals surface area contributed by atoms with Gasteiger partial charge >= 0.3 is 11.9 Å². The fourth-order valence-electron chi connectivity index (χ4n) is 3.26. The summed E-state index contributed by atoms with van der Waals surface area (Å²) in [4.78, 5) is 46.1. The van der Waals surface area contributed by atoms with Gasteiger partial charge in [0.25, 0.3) is 5.91 Å². The van der Waals surface area contributed by atoms with Gasteiger partial charge in [-0.15, -0.1) is 0 Å². The minimum atomic E-state index is -0.636. The van der Waals surface area contributed by atoms with Crippen molar-refractivity contribution >= 4 is 57.5 Å². The summed E-state index contributed by atoms with van der Waals surface area (Å²) in [7, 11) is 2.60. The summed E-state index contributed by atoms with van der Waals surface area (Å²) in [6.45, 7) is 2.49. The van der Waals surface area contributed by atoms with Gasteiger partial charge in [-0.25, -0.2) is 9.78 Å². The summed E-state index contributed by atoms with van der Waals surface area (Å²) in [6, 6.07) is -0.473. The molecule has 9 nitrogen and oxygen atoms in total. The lowest BCUT2D eigenvalue weighted by molar-refractivity contribution is -0.146. The molecule has 3 heterocycles. The first-order valence-corrected chi connectivity index (χ1v) is 10.5. The minimum absolute atomic E-state index is 0.136. The molecule has 0 aromatic carbocycles. The molecule has 2 atom stereocenters. The topological polar surface area (TPSA) is 114 Å². The van der Waals surface area contributed by atoms with Gasteiger partial charge in [0.1, 0.15) is 10.6 Å². The largest absolute Gasteiger partial charge is 0.469 e. The molecule has 2 unspecified atom stereocenters. The number of aryl methyl sites for hydroxylation is 1. The smallest absolute Gasteiger partial charge is 0.349 e. The highest BCUT2D eigenvalue weighted by molar-refractivity contribution is 7.17. The van der Waals surface area contributed by atoms with E-state index >= 15 is 0 Å². The lowest BCUT2D eigenvalue weighted by Gasteiger charge is -2.37. The highest BCUT2D eigenvalue weighted by atomic mass is 35.5. The van der Waals surface area contributed by atoms with Crippen molar-refractivity contribution in [2.24, 2.45) is 5.92 Å². The Hall–Kier alpha value is -2.30. The highest BCUT2D eigenvalue weighted by Crippen LogP contribution is 2.31. The second-order valence-corrected chi connectivity index (χ2v) is 8.46. The maximum atomic E-state index is 12.7. The number of thiazole rings is 1. The summed E-state index contributed by atoms with van der Waals surface area (Å²) in [5.74, 6) is -2.02. The first-order valence-electron chi connectivity index (χ1n) is 8.98. The summed E-state index contributed by atoms with van der Waals surface area (Å²) in [5.41, 5.74) is 0.726. The van der Waals surface area contributed by atoms with Crippen LogP contribution in [0.3, 0.4) is 0 Å². The molecule has 0 radical (unpaired) electrons. The van der Waals surface area contributed by atoms with Crippen molar-refractivity contribution < 1.29 is 23.9 Å². The Kier molecular flexibility index (Phi) is 6.89. The Morgan fingerprint density at radius 1 is 1.27 bits per heavy atom. The molecule has 2 N–H and O–H groups in total. The number of hydrogen-bond donors (Lipinski definition) is 2. The van der Waals surface area contributed by atoms with Crippen LogP contribution < -0.4 is 10.2 Å². The monoisotopic (exact) mass is 474 g/mol. The molecule has 0 bridgehead atoms. The molecule has 2 aromatic heterocycles. The van der Waals surface area contributed by atoms with Crippen LogP contribution in [0.4, 0.5) is 5.13 Å². The molecular formula is C18H20Cl2N4O5S. The predicted molar refractivity (Wildman–Crippen MR) is 113 cm³/mol. The van der Waals surface area contributed by atoms with E-state index in [1.54, 1.807) is 6.92 Å². The van der Waals surface area contributed by atoms with Crippen LogP contribution in [0.25, 0.3) is 0 Å². The molecular weight excluding hydrogens is 455 g/mol. The van der Waals surface area contributed by atoms with Crippen molar-refractivity contribution in [1.82, 2.24) is 15.3 Å². The molecule has 0 saturated carbocycles. The van der Waals surface area contributed by atoms with Crippen molar-refractivity contribution in [2.75, 3.05) is 32.2 Å². The molecule has 0 aliphatic carbocycles. The van der Waals surface area contributed by atoms with Gasteiger partial charge in [0.15, 0.2) is 5.13 Å². The number of aromatic amines is 1. The molecule has 1 aliphatic rings. The van der Waals surface area contributed by atoms with E-state index in [0.717, 1.165) is 0 Å². The minimum Gasteiger partial charge on any atom is -0.469 e. The number of esters is 2. The number of anilines is 1. The Morgan fingerprint density at radius 3 is 2.60 bits per heavy atom. The quantitative estimate of drug-likeness (QED) is 0.640. The van der Waals surface area contributed by atoms with Gasteiger partial charge in [-0.05, 0) is 13.3 Å². The van der Waals surface area contributed by atoms with Crippen LogP contribution in [0.1, 0.15) is 32.3 Å². The van der Waals surface area contributed by atoms with Gasteiger partial charge in [-0.3, -0.25) is 9.59 Å². The van der Waals surface area contributed by atoms with E-state index in [1.807, 2.05) is 4.90 Å². The number of piperidine rings is 1. The number of carbonyl (C=O) groups excluding carboxylic acids is 3. The van der Waals surface area contributed by atoms with Crippen LogP contribution >= 0.6 is 34.5 Å². The number of ether oxygens (including phenoxy) is 2. The number of nitrogens with one attached hydrogen (secondary N) is 2. The average molecular weight is 475 g/mol. The standard InChI is InChI=1S/C18H20Cl2N4O5S/c1-8-12(19)13(20)14(22-8)15(25)23-10-4-5-24(7-9(10)16(26)28-2)18-21-6-11(30-18)17(27)29-3/h6,9-10,22H,4-5,7H2,1-3H3,(H,23,25). The van der Waals surface area contributed by atoms with E-state index in [9.17, 15) is 14.4 Å². The average Bonchev–Trinajstić information content (AvgIpc) is 3.34. The number of carbonyl (C=O) groups is 3. The normalized spacial score (nSPS) is 18.8. The molecule has 0 spiro atoms. The van der Waals surface area contributed by atoms with Crippen LogP contribution in [0.2, 0.25) is 10.0 Å². The number of amides is 1. The molecule has 1 amide bonds. The van der Waals surface area contributed by atoms with E-state index in [-0.39, 0.29) is 22.3 Å². The van der Waals surface area contributed by atoms with Crippen molar-refractivity contribution in [3.8, 4) is 0 Å². The van der Waals surface area contributed by atoms with Gasteiger partial charge in [-0.2, -0.15) is 0 Å². The number of halogens is 2. The Balaban J connectivity index is 1.76. The second kappa shape index (κ2) is 9.23. The van der Waals surface area contributed by atoms with E-state index in [4.69, 9.17) is 32.7 Å². The van der Waals surface area contributed by atoms with Crippen LogP contribution in [-0.2, 0) is 14.3 Å². The SMILES string of the molecule is COC(=O)c1cnc(N2CCC(NC(=O)c3[nH]c(C)c(Cl)c3Cl)C(C(=O)OC)C2)s1. The third-order valence-electron chi connectivity index (χ3n) is 4.86. The first-order chi connectivity index (χ1) is 14.3. The Bertz CT molecular complexity index is 976. The lowest BCUT2D eigenvalue weighted by Crippen LogP contribution is -2.54. The fraction of sp³-hybridized carbons (Fsp3) is 0.444. The lowest BCUT2D eigenvalue weighted by atomic mass is 9.92. The fourth-order valence-corrected chi connectivity index (χ4v) is 4.55. The first kappa shape index (κ1) is 22.4. The number of hydrogen-bond acceptors (Lipinski definition) is 8. The molecule has 162 valence electrons. The van der Waals surface area contributed by atoms with Gasteiger partial charge in [-0.1, -0.05) is 34.5 Å². The zero-order valence-electron chi connectivity index (χ0n) is 16.5. The van der Waals surface area contributed by atoms with Crippen LogP contribution in [-0.4, -0.2) is 61.2 Å². The predicted octanol–water partition coefficient (Wildman–Crippen LogP) is 2.67. The number of rotatable bonds is 5. The summed E-state index contributed by atoms with van der Waals surface area (Å²) in [6.07, 6.45) is 1.90. The van der Waals surface area contributed by atoms with Crippen LogP contribution in [0.15, 0.2) is 6.20 Å². The van der Waals surface area contributed by atoms with Crippen molar-refractivity contribution in [3.63, 3.8) is 0 Å². The molecule has 1 aliphatic heterocycles. The molecule has 1 fully saturated rings. The number of aromatic nitrogens is 2. The van der Waals surface area contributed by atoms with Crippen molar-refractivity contribution in [1.29, 1.82) is 0 Å². The van der Waals surface area contributed by atoms with Gasteiger partial charge in [0.2, 0.25) is 0 Å². The third-order valence-corrected chi connectivity index (χ3v) is 6.85. The van der Waals surface area contributed by atoms with E-state index in [0.29, 0.717) is 28.7 Å². The van der Waals surface area contributed by atoms with Crippen molar-refractivity contribution in [2.45, 2.75) is 19.4 Å². The number of H-pyrrole nitrogens is 1. The molecule has 3 rings (SSSR count).